The monoisotopic (exact) mass is 240 g/mol. The Kier molecular flexibility index (Phi) is 5.07. The van der Waals surface area contributed by atoms with Crippen LogP contribution in [0.1, 0.15) is 38.5 Å². The van der Waals surface area contributed by atoms with E-state index in [1.807, 2.05) is 0 Å². The van der Waals surface area contributed by atoms with Gasteiger partial charge in [0.05, 0.1) is 12.6 Å². The van der Waals surface area contributed by atoms with E-state index >= 15 is 0 Å². The molecule has 0 unspecified atom stereocenters. The number of rotatable bonds is 1. The highest BCUT2D eigenvalue weighted by molar-refractivity contribution is 5.79. The fraction of sp³-hybridized carbons (Fsp3) is 0.917. The third-order valence-corrected chi connectivity index (χ3v) is 3.53. The molecule has 1 heterocycles. The first-order valence-corrected chi connectivity index (χ1v) is 6.77. The maximum Gasteiger partial charge on any atom is 0.208 e. The van der Waals surface area contributed by atoms with Gasteiger partial charge >= 0.3 is 0 Å². The zero-order chi connectivity index (χ0) is 11.9. The average Bonchev–Trinajstić information content (AvgIpc) is 2.66. The molecule has 17 heavy (non-hydrogen) atoms. The lowest BCUT2D eigenvalue weighted by molar-refractivity contribution is 0.147. The fourth-order valence-corrected chi connectivity index (χ4v) is 2.55. The van der Waals surface area contributed by atoms with Crippen LogP contribution in [0, 0.1) is 0 Å². The maximum atomic E-state index is 5.61. The average molecular weight is 240 g/mol. The fourth-order valence-electron chi connectivity index (χ4n) is 2.55. The Labute approximate surface area is 103 Å². The second-order valence-electron chi connectivity index (χ2n) is 4.84. The molecule has 0 aromatic rings. The molecule has 0 radical (unpaired) electrons. The third kappa shape index (κ3) is 3.85. The van der Waals surface area contributed by atoms with E-state index in [1.165, 1.54) is 32.1 Å². The highest BCUT2D eigenvalue weighted by atomic mass is 16.5. The normalized spacial score (nSPS) is 24.5. The summed E-state index contributed by atoms with van der Waals surface area (Å²) in [5.41, 5.74) is 2.77. The van der Waals surface area contributed by atoms with E-state index in [9.17, 15) is 0 Å². The van der Waals surface area contributed by atoms with Crippen LogP contribution in [0.2, 0.25) is 0 Å². The van der Waals surface area contributed by atoms with Gasteiger partial charge in [0.1, 0.15) is 0 Å². The van der Waals surface area contributed by atoms with Gasteiger partial charge in [-0.3, -0.25) is 5.43 Å². The molecule has 1 aliphatic carbocycles. The van der Waals surface area contributed by atoms with Crippen LogP contribution >= 0.6 is 0 Å². The minimum Gasteiger partial charge on any atom is -0.380 e. The molecule has 5 heteroatoms. The summed E-state index contributed by atoms with van der Waals surface area (Å²) in [6.07, 6.45) is 7.41. The summed E-state index contributed by atoms with van der Waals surface area (Å²) in [5.74, 6) is 6.46. The van der Waals surface area contributed by atoms with E-state index < -0.39 is 0 Å². The van der Waals surface area contributed by atoms with Gasteiger partial charge in [-0.2, -0.15) is 0 Å². The first-order valence-electron chi connectivity index (χ1n) is 6.77. The molecule has 2 aliphatic rings. The zero-order valence-electron chi connectivity index (χ0n) is 10.5. The van der Waals surface area contributed by atoms with Gasteiger partial charge in [-0.05, 0) is 19.3 Å². The van der Waals surface area contributed by atoms with E-state index in [4.69, 9.17) is 15.6 Å². The van der Waals surface area contributed by atoms with E-state index in [1.54, 1.807) is 0 Å². The Hall–Kier alpha value is -0.810. The molecule has 0 bridgehead atoms. The van der Waals surface area contributed by atoms with E-state index in [0.29, 0.717) is 6.04 Å². The molecule has 2 fully saturated rings. The van der Waals surface area contributed by atoms with E-state index in [-0.39, 0.29) is 0 Å². The minimum absolute atomic E-state index is 0.457. The maximum absolute atomic E-state index is 5.61. The smallest absolute Gasteiger partial charge is 0.208 e. The van der Waals surface area contributed by atoms with Crippen molar-refractivity contribution >= 4 is 5.96 Å². The van der Waals surface area contributed by atoms with Gasteiger partial charge in [0.15, 0.2) is 0 Å². The van der Waals surface area contributed by atoms with Crippen LogP contribution < -0.4 is 11.3 Å². The van der Waals surface area contributed by atoms with Gasteiger partial charge in [-0.1, -0.05) is 19.3 Å². The Bertz CT molecular complexity index is 243. The Morgan fingerprint density at radius 2 is 1.94 bits per heavy atom. The molecule has 5 nitrogen and oxygen atoms in total. The zero-order valence-corrected chi connectivity index (χ0v) is 10.5. The van der Waals surface area contributed by atoms with Crippen LogP contribution in [-0.4, -0.2) is 43.2 Å². The Morgan fingerprint density at radius 3 is 2.71 bits per heavy atom. The van der Waals surface area contributed by atoms with Crippen molar-refractivity contribution in [1.82, 2.24) is 10.3 Å². The predicted octanol–water partition coefficient (Wildman–Crippen LogP) is 0.861. The molecule has 0 aromatic carbocycles. The van der Waals surface area contributed by atoms with Crippen molar-refractivity contribution in [3.8, 4) is 0 Å². The van der Waals surface area contributed by atoms with Gasteiger partial charge < -0.3 is 9.64 Å². The van der Waals surface area contributed by atoms with Crippen molar-refractivity contribution in [1.29, 1.82) is 0 Å². The number of hydrazine groups is 1. The molecule has 1 saturated carbocycles. The molecule has 98 valence electrons. The van der Waals surface area contributed by atoms with Gasteiger partial charge in [0.25, 0.3) is 0 Å². The number of nitrogens with two attached hydrogens (primary N) is 1. The first-order chi connectivity index (χ1) is 8.40. The van der Waals surface area contributed by atoms with E-state index in [2.05, 4.69) is 10.3 Å². The van der Waals surface area contributed by atoms with Crippen LogP contribution in [-0.2, 0) is 4.74 Å². The number of hydrogen-bond donors (Lipinski definition) is 2. The lowest BCUT2D eigenvalue weighted by atomic mass is 9.96. The quantitative estimate of drug-likeness (QED) is 0.309. The third-order valence-electron chi connectivity index (χ3n) is 3.53. The van der Waals surface area contributed by atoms with Crippen LogP contribution in [0.4, 0.5) is 0 Å². The van der Waals surface area contributed by atoms with Crippen LogP contribution in [0.3, 0.4) is 0 Å². The van der Waals surface area contributed by atoms with Gasteiger partial charge in [0, 0.05) is 19.7 Å². The van der Waals surface area contributed by atoms with Crippen LogP contribution in [0.5, 0.6) is 0 Å². The number of ether oxygens (including phenoxy) is 1. The van der Waals surface area contributed by atoms with Crippen molar-refractivity contribution in [3.05, 3.63) is 0 Å². The van der Waals surface area contributed by atoms with Crippen molar-refractivity contribution in [2.45, 2.75) is 44.6 Å². The summed E-state index contributed by atoms with van der Waals surface area (Å²) in [6, 6.07) is 0.457. The second-order valence-corrected chi connectivity index (χ2v) is 4.84. The molecule has 0 aromatic heterocycles. The lowest BCUT2D eigenvalue weighted by Gasteiger charge is -2.26. The highest BCUT2D eigenvalue weighted by Crippen LogP contribution is 2.20. The first kappa shape index (κ1) is 12.6. The van der Waals surface area contributed by atoms with Crippen LogP contribution in [0.15, 0.2) is 4.99 Å². The molecular formula is C12H24N4O. The number of aliphatic imine (C=N–C) groups is 1. The summed E-state index contributed by atoms with van der Waals surface area (Å²) in [4.78, 5) is 6.98. The van der Waals surface area contributed by atoms with Gasteiger partial charge in [-0.25, -0.2) is 10.8 Å². The number of nitrogens with one attached hydrogen (secondary N) is 1. The molecular weight excluding hydrogens is 216 g/mol. The molecule has 3 N–H and O–H groups in total. The molecule has 0 atom stereocenters. The van der Waals surface area contributed by atoms with E-state index in [0.717, 1.165) is 38.7 Å². The molecule has 2 rings (SSSR count). The molecule has 0 spiro atoms. The summed E-state index contributed by atoms with van der Waals surface area (Å²) >= 11 is 0. The summed E-state index contributed by atoms with van der Waals surface area (Å²) in [7, 11) is 0. The lowest BCUT2D eigenvalue weighted by Crippen LogP contribution is -2.46. The standard InChI is InChI=1S/C12H24N4O/c13-15-12(14-11-5-2-1-3-6-11)16-7-4-9-17-10-8-16/h11H,1-10,13H2,(H,14,15). The number of nitrogens with zero attached hydrogens (tertiary/aromatic N) is 2. The van der Waals surface area contributed by atoms with Gasteiger partial charge in [0.2, 0.25) is 5.96 Å². The SMILES string of the molecule is NNC(=NC1CCCCC1)N1CCCOCC1. The van der Waals surface area contributed by atoms with Crippen LogP contribution in [0.25, 0.3) is 0 Å². The molecule has 0 amide bonds. The van der Waals surface area contributed by atoms with Crippen molar-refractivity contribution < 1.29 is 4.74 Å². The minimum atomic E-state index is 0.457. The number of hydrogen-bond acceptors (Lipinski definition) is 3. The second kappa shape index (κ2) is 6.81. The van der Waals surface area contributed by atoms with Crippen molar-refractivity contribution in [3.63, 3.8) is 0 Å². The largest absolute Gasteiger partial charge is 0.380 e. The van der Waals surface area contributed by atoms with Crippen molar-refractivity contribution in [2.24, 2.45) is 10.8 Å². The highest BCUT2D eigenvalue weighted by Gasteiger charge is 2.17. The molecule has 1 saturated heterocycles. The summed E-state index contributed by atoms with van der Waals surface area (Å²) in [5, 5.41) is 0. The molecule has 1 aliphatic heterocycles. The summed E-state index contributed by atoms with van der Waals surface area (Å²) < 4.78 is 5.44. The Morgan fingerprint density at radius 1 is 1.12 bits per heavy atom. The topological polar surface area (TPSA) is 62.9 Å². The van der Waals surface area contributed by atoms with Crippen molar-refractivity contribution in [2.75, 3.05) is 26.3 Å². The summed E-state index contributed by atoms with van der Waals surface area (Å²) in [6.45, 7) is 3.48. The predicted molar refractivity (Wildman–Crippen MR) is 68.6 cm³/mol. The number of guanidine groups is 1. The van der Waals surface area contributed by atoms with Gasteiger partial charge in [-0.15, -0.1) is 0 Å². The Balaban J connectivity index is 1.94.